The standard InChI is InChI=1S/C13H20N4O2/c1-7-4-15-13(16-12(7)14)17-5-8-2-10(18)11(19)3-9(8)6-17/h4,8-11,18-19H,2-3,5-6H2,1H3,(H2,14,15,16)/t8-,9+,10+,11-. The molecule has 0 radical (unpaired) electrons. The van der Waals surface area contributed by atoms with Crippen LogP contribution in [0.4, 0.5) is 11.8 Å². The SMILES string of the molecule is Cc1cnc(N2C[C@H]3C[C@H](O)[C@H](O)C[C@H]3C2)nc1N. The third-order valence-corrected chi connectivity index (χ3v) is 4.39. The molecule has 0 bridgehead atoms. The zero-order valence-electron chi connectivity index (χ0n) is 11.0. The van der Waals surface area contributed by atoms with Gasteiger partial charge in [-0.3, -0.25) is 0 Å². The highest BCUT2D eigenvalue weighted by molar-refractivity contribution is 5.44. The minimum Gasteiger partial charge on any atom is -0.390 e. The van der Waals surface area contributed by atoms with E-state index in [1.54, 1.807) is 6.20 Å². The summed E-state index contributed by atoms with van der Waals surface area (Å²) in [7, 11) is 0. The highest BCUT2D eigenvalue weighted by Crippen LogP contribution is 2.37. The van der Waals surface area contributed by atoms with Crippen LogP contribution in [-0.4, -0.2) is 45.5 Å². The summed E-state index contributed by atoms with van der Waals surface area (Å²) in [6.07, 6.45) is 1.87. The molecular weight excluding hydrogens is 244 g/mol. The quantitative estimate of drug-likeness (QED) is 0.657. The van der Waals surface area contributed by atoms with Gasteiger partial charge >= 0.3 is 0 Å². The number of aryl methyl sites for hydroxylation is 1. The molecule has 1 aliphatic heterocycles. The Hall–Kier alpha value is -1.40. The zero-order chi connectivity index (χ0) is 13.6. The maximum atomic E-state index is 9.74. The van der Waals surface area contributed by atoms with Gasteiger partial charge in [-0.15, -0.1) is 0 Å². The molecule has 1 aromatic heterocycles. The predicted octanol–water partition coefficient (Wildman–Crippen LogP) is -0.0648. The molecule has 2 heterocycles. The molecule has 4 atom stereocenters. The van der Waals surface area contributed by atoms with Crippen LogP contribution in [0, 0.1) is 18.8 Å². The molecule has 0 spiro atoms. The molecule has 3 rings (SSSR count). The molecule has 1 aromatic rings. The first-order valence-electron chi connectivity index (χ1n) is 6.74. The molecule has 4 N–H and O–H groups in total. The van der Waals surface area contributed by atoms with Gasteiger partial charge in [-0.1, -0.05) is 0 Å². The Morgan fingerprint density at radius 3 is 2.32 bits per heavy atom. The van der Waals surface area contributed by atoms with Crippen LogP contribution in [0.5, 0.6) is 0 Å². The summed E-state index contributed by atoms with van der Waals surface area (Å²) in [6, 6.07) is 0. The van der Waals surface area contributed by atoms with E-state index in [2.05, 4.69) is 14.9 Å². The van der Waals surface area contributed by atoms with E-state index in [1.165, 1.54) is 0 Å². The van der Waals surface area contributed by atoms with Crippen molar-refractivity contribution >= 4 is 11.8 Å². The molecule has 1 saturated carbocycles. The van der Waals surface area contributed by atoms with Crippen molar-refractivity contribution in [1.82, 2.24) is 9.97 Å². The third kappa shape index (κ3) is 2.26. The summed E-state index contributed by atoms with van der Waals surface area (Å²) in [5, 5.41) is 19.5. The average Bonchev–Trinajstić information content (AvgIpc) is 2.76. The fraction of sp³-hybridized carbons (Fsp3) is 0.692. The fourth-order valence-electron chi connectivity index (χ4n) is 3.17. The van der Waals surface area contributed by atoms with E-state index < -0.39 is 12.2 Å². The van der Waals surface area contributed by atoms with Gasteiger partial charge in [0.2, 0.25) is 5.95 Å². The van der Waals surface area contributed by atoms with Gasteiger partial charge in [0.1, 0.15) is 5.82 Å². The van der Waals surface area contributed by atoms with Crippen molar-refractivity contribution in [3.05, 3.63) is 11.8 Å². The molecule has 1 saturated heterocycles. The number of rotatable bonds is 1. The van der Waals surface area contributed by atoms with Crippen molar-refractivity contribution in [2.75, 3.05) is 23.7 Å². The van der Waals surface area contributed by atoms with Gasteiger partial charge in [-0.25, -0.2) is 4.98 Å². The first-order valence-corrected chi connectivity index (χ1v) is 6.74. The summed E-state index contributed by atoms with van der Waals surface area (Å²) >= 11 is 0. The Morgan fingerprint density at radius 1 is 1.21 bits per heavy atom. The molecule has 0 unspecified atom stereocenters. The van der Waals surface area contributed by atoms with E-state index in [-0.39, 0.29) is 0 Å². The van der Waals surface area contributed by atoms with E-state index >= 15 is 0 Å². The van der Waals surface area contributed by atoms with E-state index in [0.29, 0.717) is 36.4 Å². The van der Waals surface area contributed by atoms with Gasteiger partial charge in [-0.05, 0) is 31.6 Å². The highest BCUT2D eigenvalue weighted by atomic mass is 16.3. The van der Waals surface area contributed by atoms with Gasteiger partial charge in [0.05, 0.1) is 12.2 Å². The molecule has 6 nitrogen and oxygen atoms in total. The second kappa shape index (κ2) is 4.61. The van der Waals surface area contributed by atoms with Crippen molar-refractivity contribution < 1.29 is 10.2 Å². The molecule has 2 fully saturated rings. The van der Waals surface area contributed by atoms with Crippen molar-refractivity contribution in [2.24, 2.45) is 11.8 Å². The van der Waals surface area contributed by atoms with E-state index in [1.807, 2.05) is 6.92 Å². The molecule has 19 heavy (non-hydrogen) atoms. The van der Waals surface area contributed by atoms with Crippen molar-refractivity contribution in [2.45, 2.75) is 32.0 Å². The topological polar surface area (TPSA) is 95.5 Å². The number of aliphatic hydroxyl groups excluding tert-OH is 2. The number of nitrogen functional groups attached to an aromatic ring is 1. The van der Waals surface area contributed by atoms with Crippen molar-refractivity contribution in [1.29, 1.82) is 0 Å². The van der Waals surface area contributed by atoms with Crippen molar-refractivity contribution in [3.8, 4) is 0 Å². The largest absolute Gasteiger partial charge is 0.390 e. The maximum Gasteiger partial charge on any atom is 0.227 e. The number of fused-ring (bicyclic) bond motifs is 1. The lowest BCUT2D eigenvalue weighted by Gasteiger charge is -2.31. The second-order valence-electron chi connectivity index (χ2n) is 5.77. The first-order chi connectivity index (χ1) is 9.04. The number of hydrogen-bond acceptors (Lipinski definition) is 6. The number of aromatic nitrogens is 2. The Bertz CT molecular complexity index is 464. The van der Waals surface area contributed by atoms with Crippen LogP contribution >= 0.6 is 0 Å². The second-order valence-corrected chi connectivity index (χ2v) is 5.77. The average molecular weight is 264 g/mol. The van der Waals surface area contributed by atoms with E-state index in [0.717, 1.165) is 18.7 Å². The summed E-state index contributed by atoms with van der Waals surface area (Å²) in [6.45, 7) is 3.55. The first kappa shape index (κ1) is 12.6. The fourth-order valence-corrected chi connectivity index (χ4v) is 3.17. The molecule has 6 heteroatoms. The van der Waals surface area contributed by atoms with Gasteiger partial charge in [0, 0.05) is 24.8 Å². The minimum absolute atomic E-state index is 0.407. The van der Waals surface area contributed by atoms with Crippen LogP contribution in [0.15, 0.2) is 6.20 Å². The van der Waals surface area contributed by atoms with Gasteiger partial charge in [0.15, 0.2) is 0 Å². The molecule has 2 aliphatic rings. The summed E-state index contributed by atoms with van der Waals surface area (Å²) < 4.78 is 0. The lowest BCUT2D eigenvalue weighted by molar-refractivity contribution is -0.0372. The predicted molar refractivity (Wildman–Crippen MR) is 71.6 cm³/mol. The van der Waals surface area contributed by atoms with Crippen LogP contribution in [0.2, 0.25) is 0 Å². The van der Waals surface area contributed by atoms with Gasteiger partial charge in [0.25, 0.3) is 0 Å². The molecule has 104 valence electrons. The number of nitrogens with zero attached hydrogens (tertiary/aromatic N) is 3. The minimum atomic E-state index is -0.592. The number of anilines is 2. The number of aliphatic hydroxyl groups is 2. The third-order valence-electron chi connectivity index (χ3n) is 4.39. The lowest BCUT2D eigenvalue weighted by atomic mass is 9.79. The zero-order valence-corrected chi connectivity index (χ0v) is 11.0. The summed E-state index contributed by atoms with van der Waals surface area (Å²) in [5.41, 5.74) is 6.70. The maximum absolute atomic E-state index is 9.74. The Morgan fingerprint density at radius 2 is 1.79 bits per heavy atom. The summed E-state index contributed by atoms with van der Waals surface area (Å²) in [4.78, 5) is 10.8. The molecule has 0 amide bonds. The van der Waals surface area contributed by atoms with E-state index in [9.17, 15) is 10.2 Å². The number of nitrogens with two attached hydrogens (primary N) is 1. The Balaban J connectivity index is 1.76. The van der Waals surface area contributed by atoms with Crippen LogP contribution in [-0.2, 0) is 0 Å². The van der Waals surface area contributed by atoms with Crippen LogP contribution < -0.4 is 10.6 Å². The van der Waals surface area contributed by atoms with Crippen molar-refractivity contribution in [3.63, 3.8) is 0 Å². The molecule has 0 aromatic carbocycles. The van der Waals surface area contributed by atoms with Gasteiger partial charge < -0.3 is 20.8 Å². The smallest absolute Gasteiger partial charge is 0.227 e. The highest BCUT2D eigenvalue weighted by Gasteiger charge is 2.41. The monoisotopic (exact) mass is 264 g/mol. The lowest BCUT2D eigenvalue weighted by Crippen LogP contribution is -2.38. The van der Waals surface area contributed by atoms with Crippen LogP contribution in [0.1, 0.15) is 18.4 Å². The van der Waals surface area contributed by atoms with Crippen LogP contribution in [0.25, 0.3) is 0 Å². The molecule has 1 aliphatic carbocycles. The Labute approximate surface area is 112 Å². The number of hydrogen-bond donors (Lipinski definition) is 3. The van der Waals surface area contributed by atoms with Gasteiger partial charge in [-0.2, -0.15) is 4.98 Å². The van der Waals surface area contributed by atoms with Crippen LogP contribution in [0.3, 0.4) is 0 Å². The Kier molecular flexibility index (Phi) is 3.06. The normalized spacial score (nSPS) is 34.4. The summed E-state index contributed by atoms with van der Waals surface area (Å²) in [5.74, 6) is 1.98. The van der Waals surface area contributed by atoms with E-state index in [4.69, 9.17) is 5.73 Å². The molecular formula is C13H20N4O2.